The molecule has 0 atom stereocenters. The van der Waals surface area contributed by atoms with E-state index in [1.807, 2.05) is 24.3 Å². The number of carbonyl (C=O) groups is 1. The first-order chi connectivity index (χ1) is 12.4. The Morgan fingerprint density at radius 1 is 1.12 bits per heavy atom. The number of nitrogens with one attached hydrogen (secondary N) is 1. The van der Waals surface area contributed by atoms with Crippen LogP contribution in [0, 0.1) is 0 Å². The molecule has 2 aromatic rings. The van der Waals surface area contributed by atoms with Crippen molar-refractivity contribution in [3.05, 3.63) is 58.6 Å². The predicted octanol–water partition coefficient (Wildman–Crippen LogP) is 4.65. The summed E-state index contributed by atoms with van der Waals surface area (Å²) in [6, 6.07) is 16.3. The molecule has 0 radical (unpaired) electrons. The zero-order valence-electron chi connectivity index (χ0n) is 14.8. The Kier molecular flexibility index (Phi) is 4.22. The van der Waals surface area contributed by atoms with Gasteiger partial charge in [-0.1, -0.05) is 40.2 Å². The molecule has 0 saturated heterocycles. The molecule has 1 heterocycles. The molecule has 1 fully saturated rings. The molecule has 136 valence electrons. The number of nitrogens with zero attached hydrogens (tertiary/aromatic N) is 1. The lowest BCUT2D eigenvalue weighted by atomic mass is 9.65. The van der Waals surface area contributed by atoms with Crippen molar-refractivity contribution in [3.8, 4) is 0 Å². The first-order valence-electron chi connectivity index (χ1n) is 9.02. The van der Waals surface area contributed by atoms with Crippen molar-refractivity contribution in [2.24, 2.45) is 0 Å². The van der Waals surface area contributed by atoms with Gasteiger partial charge in [0.15, 0.2) is 0 Å². The molecule has 1 saturated carbocycles. The molecule has 0 unspecified atom stereocenters. The fraction of sp³-hybridized carbons (Fsp3) is 0.381. The van der Waals surface area contributed by atoms with Gasteiger partial charge in [0.25, 0.3) is 0 Å². The summed E-state index contributed by atoms with van der Waals surface area (Å²) in [6.45, 7) is 0.971. The number of carboxylic acids is 1. The van der Waals surface area contributed by atoms with Gasteiger partial charge in [0.05, 0.1) is 0 Å². The molecule has 0 bridgehead atoms. The fourth-order valence-corrected chi connectivity index (χ4v) is 5.10. The fourth-order valence-electron chi connectivity index (χ4n) is 4.70. The van der Waals surface area contributed by atoms with Gasteiger partial charge in [-0.3, -0.25) is 0 Å². The molecule has 1 aliphatic heterocycles. The maximum Gasteiger partial charge on any atom is 0.329 e. The molecule has 2 N–H and O–H groups in total. The van der Waals surface area contributed by atoms with Gasteiger partial charge in [-0.25, -0.2) is 4.79 Å². The van der Waals surface area contributed by atoms with E-state index in [0.717, 1.165) is 29.5 Å². The van der Waals surface area contributed by atoms with Crippen LogP contribution in [0.2, 0.25) is 0 Å². The Labute approximate surface area is 162 Å². The summed E-state index contributed by atoms with van der Waals surface area (Å²) in [5.74, 6) is -0.757. The number of benzene rings is 2. The van der Waals surface area contributed by atoms with E-state index in [4.69, 9.17) is 0 Å². The lowest BCUT2D eigenvalue weighted by Gasteiger charge is -2.43. The van der Waals surface area contributed by atoms with Gasteiger partial charge in [-0.15, -0.1) is 0 Å². The molecule has 1 aliphatic carbocycles. The molecule has 26 heavy (non-hydrogen) atoms. The van der Waals surface area contributed by atoms with E-state index in [1.165, 1.54) is 11.3 Å². The van der Waals surface area contributed by atoms with Crippen molar-refractivity contribution in [1.82, 2.24) is 0 Å². The highest BCUT2D eigenvalue weighted by Crippen LogP contribution is 2.51. The Morgan fingerprint density at radius 3 is 2.54 bits per heavy atom. The van der Waals surface area contributed by atoms with Crippen LogP contribution in [0.1, 0.15) is 31.2 Å². The molecule has 0 aromatic heterocycles. The van der Waals surface area contributed by atoms with E-state index < -0.39 is 11.5 Å². The lowest BCUT2D eigenvalue weighted by Crippen LogP contribution is -2.52. The van der Waals surface area contributed by atoms with Gasteiger partial charge < -0.3 is 15.3 Å². The van der Waals surface area contributed by atoms with Crippen molar-refractivity contribution in [1.29, 1.82) is 0 Å². The van der Waals surface area contributed by atoms with Gasteiger partial charge in [-0.05, 0) is 55.5 Å². The Hall–Kier alpha value is -2.01. The highest BCUT2D eigenvalue weighted by molar-refractivity contribution is 9.10. The lowest BCUT2D eigenvalue weighted by molar-refractivity contribution is -0.143. The monoisotopic (exact) mass is 414 g/mol. The molecule has 2 aliphatic rings. The zero-order chi connectivity index (χ0) is 18.4. The number of para-hydroxylation sites is 1. The molecule has 4 nitrogen and oxygen atoms in total. The number of hydrogen-bond acceptors (Lipinski definition) is 3. The summed E-state index contributed by atoms with van der Waals surface area (Å²) in [4.78, 5) is 14.5. The van der Waals surface area contributed by atoms with E-state index in [-0.39, 0.29) is 5.41 Å². The van der Waals surface area contributed by atoms with Crippen molar-refractivity contribution >= 4 is 33.3 Å². The second-order valence-corrected chi connectivity index (χ2v) is 8.59. The summed E-state index contributed by atoms with van der Waals surface area (Å²) in [7, 11) is 2.13. The van der Waals surface area contributed by atoms with Crippen LogP contribution in [0.4, 0.5) is 11.4 Å². The van der Waals surface area contributed by atoms with Gasteiger partial charge in [0.2, 0.25) is 0 Å². The molecule has 4 rings (SSSR count). The molecular weight excluding hydrogens is 392 g/mol. The van der Waals surface area contributed by atoms with Crippen LogP contribution in [0.25, 0.3) is 0 Å². The summed E-state index contributed by atoms with van der Waals surface area (Å²) in [6.07, 6.45) is 3.00. The third-order valence-corrected chi connectivity index (χ3v) is 6.60. The van der Waals surface area contributed by atoms with E-state index in [1.54, 1.807) is 0 Å². The minimum Gasteiger partial charge on any atom is -0.480 e. The smallest absolute Gasteiger partial charge is 0.329 e. The van der Waals surface area contributed by atoms with Crippen LogP contribution in [0.15, 0.2) is 53.0 Å². The van der Waals surface area contributed by atoms with E-state index in [2.05, 4.69) is 57.5 Å². The van der Waals surface area contributed by atoms with Crippen LogP contribution in [-0.2, 0) is 10.2 Å². The van der Waals surface area contributed by atoms with Gasteiger partial charge >= 0.3 is 5.97 Å². The first kappa shape index (κ1) is 17.4. The van der Waals surface area contributed by atoms with Gasteiger partial charge in [0.1, 0.15) is 5.54 Å². The van der Waals surface area contributed by atoms with E-state index >= 15 is 0 Å². The van der Waals surface area contributed by atoms with Crippen molar-refractivity contribution in [2.45, 2.75) is 36.6 Å². The first-order valence-corrected chi connectivity index (χ1v) is 9.81. The Bertz CT molecular complexity index is 843. The quantitative estimate of drug-likeness (QED) is 0.767. The number of halogens is 1. The van der Waals surface area contributed by atoms with Crippen LogP contribution >= 0.6 is 15.9 Å². The predicted molar refractivity (Wildman–Crippen MR) is 108 cm³/mol. The summed E-state index contributed by atoms with van der Waals surface area (Å²) < 4.78 is 0.946. The maximum absolute atomic E-state index is 12.2. The highest BCUT2D eigenvalue weighted by atomic mass is 79.9. The standard InChI is InChI=1S/C21H23BrN2O2/c1-24-14-20(17-7-2-3-8-18(17)24)9-11-21(12-10-20,19(25)26)23-16-6-4-5-15(22)13-16/h2-8,13,23H,9-12,14H2,1H3,(H,25,26). The molecule has 1 spiro atoms. The maximum atomic E-state index is 12.2. The highest BCUT2D eigenvalue weighted by Gasteiger charge is 2.51. The largest absolute Gasteiger partial charge is 0.480 e. The molecule has 0 amide bonds. The second kappa shape index (κ2) is 6.31. The van der Waals surface area contributed by atoms with Crippen LogP contribution in [-0.4, -0.2) is 30.2 Å². The average molecular weight is 415 g/mol. The second-order valence-electron chi connectivity index (χ2n) is 7.68. The Morgan fingerprint density at radius 2 is 1.85 bits per heavy atom. The number of anilines is 2. The Balaban J connectivity index is 1.60. The minimum atomic E-state index is -0.901. The molecule has 2 aromatic carbocycles. The zero-order valence-corrected chi connectivity index (χ0v) is 16.4. The number of fused-ring (bicyclic) bond motifs is 2. The topological polar surface area (TPSA) is 52.6 Å². The summed E-state index contributed by atoms with van der Waals surface area (Å²) in [5, 5.41) is 13.3. The number of likely N-dealkylation sites (N-methyl/N-ethyl adjacent to an activating group) is 1. The van der Waals surface area contributed by atoms with Crippen molar-refractivity contribution < 1.29 is 9.90 Å². The number of aliphatic carboxylic acids is 1. The van der Waals surface area contributed by atoms with Gasteiger partial charge in [-0.2, -0.15) is 0 Å². The van der Waals surface area contributed by atoms with Gasteiger partial charge in [0, 0.05) is 34.9 Å². The third kappa shape index (κ3) is 2.78. The van der Waals surface area contributed by atoms with E-state index in [9.17, 15) is 9.90 Å². The minimum absolute atomic E-state index is 0.0727. The van der Waals surface area contributed by atoms with E-state index in [0.29, 0.717) is 12.8 Å². The molecular formula is C21H23BrN2O2. The third-order valence-electron chi connectivity index (χ3n) is 6.10. The molecule has 5 heteroatoms. The number of hydrogen-bond donors (Lipinski definition) is 2. The van der Waals surface area contributed by atoms with Crippen molar-refractivity contribution in [2.75, 3.05) is 23.8 Å². The van der Waals surface area contributed by atoms with Crippen molar-refractivity contribution in [3.63, 3.8) is 0 Å². The van der Waals surface area contributed by atoms with Crippen LogP contribution < -0.4 is 10.2 Å². The SMILES string of the molecule is CN1CC2(CCC(Nc3cccc(Br)c3)(C(=O)O)CC2)c2ccccc21. The number of rotatable bonds is 3. The summed E-state index contributed by atoms with van der Waals surface area (Å²) in [5.41, 5.74) is 2.69. The van der Waals surface area contributed by atoms with Crippen LogP contribution in [0.5, 0.6) is 0 Å². The number of carboxylic acid groups (broad SMARTS) is 1. The average Bonchev–Trinajstić information content (AvgIpc) is 2.90. The van der Waals surface area contributed by atoms with Crippen LogP contribution in [0.3, 0.4) is 0 Å². The normalized spacial score (nSPS) is 27.4. The summed E-state index contributed by atoms with van der Waals surface area (Å²) >= 11 is 3.46.